The van der Waals surface area contributed by atoms with Crippen molar-refractivity contribution in [1.29, 1.82) is 0 Å². The summed E-state index contributed by atoms with van der Waals surface area (Å²) in [4.78, 5) is 17.1. The van der Waals surface area contributed by atoms with Crippen LogP contribution < -0.4 is 15.0 Å². The number of fused-ring (bicyclic) bond motifs is 1. The molecule has 1 amide bonds. The van der Waals surface area contributed by atoms with Gasteiger partial charge in [-0.15, -0.1) is 0 Å². The number of alkyl halides is 3. The number of anilines is 2. The lowest BCUT2D eigenvalue weighted by atomic mass is 10.0. The van der Waals surface area contributed by atoms with Crippen LogP contribution in [0.4, 0.5) is 24.7 Å². The molecule has 2 aliphatic rings. The predicted octanol–water partition coefficient (Wildman–Crippen LogP) is 4.11. The van der Waals surface area contributed by atoms with Crippen LogP contribution >= 0.6 is 0 Å². The van der Waals surface area contributed by atoms with Crippen LogP contribution in [0.1, 0.15) is 34.6 Å². The fourth-order valence-electron chi connectivity index (χ4n) is 4.54. The highest BCUT2D eigenvalue weighted by Gasteiger charge is 2.48. The number of amides is 1. The van der Waals surface area contributed by atoms with Gasteiger partial charge in [-0.3, -0.25) is 4.79 Å². The van der Waals surface area contributed by atoms with Crippen molar-refractivity contribution in [3.63, 3.8) is 0 Å². The van der Waals surface area contributed by atoms with E-state index in [0.29, 0.717) is 31.9 Å². The molecular weight excluding hydrogens is 451 g/mol. The Kier molecular flexibility index (Phi) is 5.62. The van der Waals surface area contributed by atoms with Gasteiger partial charge in [0.25, 0.3) is 5.91 Å². The zero-order chi connectivity index (χ0) is 23.9. The van der Waals surface area contributed by atoms with E-state index >= 15 is 0 Å². The third kappa shape index (κ3) is 4.06. The molecule has 0 radical (unpaired) electrons. The number of hydrogen-bond donors (Lipinski definition) is 1. The molecule has 0 saturated carbocycles. The van der Waals surface area contributed by atoms with E-state index in [0.717, 1.165) is 16.1 Å². The van der Waals surface area contributed by atoms with Crippen molar-refractivity contribution in [2.24, 2.45) is 0 Å². The van der Waals surface area contributed by atoms with Crippen molar-refractivity contribution in [3.8, 4) is 5.75 Å². The van der Waals surface area contributed by atoms with Gasteiger partial charge >= 0.3 is 6.18 Å². The van der Waals surface area contributed by atoms with Crippen LogP contribution in [0.3, 0.4) is 0 Å². The molecule has 2 atom stereocenters. The molecule has 11 heteroatoms. The molecule has 1 aromatic carbocycles. The number of furan rings is 1. The molecule has 1 fully saturated rings. The number of halogens is 3. The Bertz CT molecular complexity index is 1150. The molecule has 0 aliphatic carbocycles. The van der Waals surface area contributed by atoms with Crippen molar-refractivity contribution in [2.75, 3.05) is 43.5 Å². The van der Waals surface area contributed by atoms with Crippen molar-refractivity contribution < 1.29 is 27.1 Å². The smallest absolute Gasteiger partial charge is 0.410 e. The molecule has 2 aromatic heterocycles. The summed E-state index contributed by atoms with van der Waals surface area (Å²) < 4.78 is 53.0. The second-order valence-electron chi connectivity index (χ2n) is 8.34. The summed E-state index contributed by atoms with van der Waals surface area (Å²) in [5, 5.41) is 7.00. The molecule has 180 valence electrons. The van der Waals surface area contributed by atoms with Crippen LogP contribution in [0, 0.1) is 0 Å². The highest BCUT2D eigenvalue weighted by atomic mass is 19.4. The summed E-state index contributed by atoms with van der Waals surface area (Å²) in [6.07, 6.45) is -2.16. The quantitative estimate of drug-likeness (QED) is 0.612. The molecule has 2 aliphatic heterocycles. The monoisotopic (exact) mass is 475 g/mol. The number of nitrogens with zero attached hydrogens (tertiary/aromatic N) is 4. The number of hydrogen-bond acceptors (Lipinski definition) is 6. The Morgan fingerprint density at radius 3 is 2.65 bits per heavy atom. The first-order chi connectivity index (χ1) is 16.3. The molecule has 8 nitrogen and oxygen atoms in total. The molecule has 5 rings (SSSR count). The van der Waals surface area contributed by atoms with E-state index < -0.39 is 18.3 Å². The van der Waals surface area contributed by atoms with Crippen LogP contribution in [0.2, 0.25) is 0 Å². The van der Waals surface area contributed by atoms with E-state index in [1.54, 1.807) is 24.1 Å². The van der Waals surface area contributed by atoms with Gasteiger partial charge in [-0.25, -0.2) is 4.68 Å². The van der Waals surface area contributed by atoms with E-state index in [2.05, 4.69) is 15.3 Å². The van der Waals surface area contributed by atoms with Gasteiger partial charge in [0, 0.05) is 44.4 Å². The lowest BCUT2D eigenvalue weighted by Gasteiger charge is -2.37. The number of ether oxygens (including phenoxy) is 1. The fraction of sp³-hybridized carbons (Fsp3) is 0.391. The molecule has 0 bridgehead atoms. The third-order valence-electron chi connectivity index (χ3n) is 6.34. The average molecular weight is 475 g/mol. The maximum absolute atomic E-state index is 13.8. The number of carbonyl (C=O) groups is 1. The predicted molar refractivity (Wildman–Crippen MR) is 118 cm³/mol. The van der Waals surface area contributed by atoms with Crippen molar-refractivity contribution in [2.45, 2.75) is 24.7 Å². The Labute approximate surface area is 193 Å². The molecule has 0 spiro atoms. The second kappa shape index (κ2) is 8.62. The van der Waals surface area contributed by atoms with E-state index in [-0.39, 0.29) is 23.7 Å². The summed E-state index contributed by atoms with van der Waals surface area (Å²) in [6.45, 7) is 2.06. The topological polar surface area (TPSA) is 75.8 Å². The number of methoxy groups -OCH3 is 1. The SMILES string of the molecule is COc1cccc(N2CCN(C(=O)c3cnn4c3N[C@@H](c3ccco3)C[C@H]4C(F)(F)F)CC2)c1. The number of benzene rings is 1. The van der Waals surface area contributed by atoms with Crippen LogP contribution in [0.25, 0.3) is 0 Å². The van der Waals surface area contributed by atoms with Gasteiger partial charge in [0.15, 0.2) is 6.04 Å². The Hall–Kier alpha value is -3.63. The maximum atomic E-state index is 13.8. The number of piperazine rings is 1. The molecule has 1 N–H and O–H groups in total. The molecule has 1 saturated heterocycles. The van der Waals surface area contributed by atoms with Gasteiger partial charge in [-0.1, -0.05) is 6.07 Å². The van der Waals surface area contributed by atoms with Crippen molar-refractivity contribution in [1.82, 2.24) is 14.7 Å². The summed E-state index contributed by atoms with van der Waals surface area (Å²) in [7, 11) is 1.61. The van der Waals surface area contributed by atoms with Gasteiger partial charge in [-0.2, -0.15) is 18.3 Å². The van der Waals surface area contributed by atoms with Gasteiger partial charge in [0.2, 0.25) is 0 Å². The normalized spacial score (nSPS) is 20.6. The van der Waals surface area contributed by atoms with Gasteiger partial charge in [0.1, 0.15) is 22.9 Å². The van der Waals surface area contributed by atoms with Gasteiger partial charge < -0.3 is 24.3 Å². The second-order valence-corrected chi connectivity index (χ2v) is 8.34. The van der Waals surface area contributed by atoms with Crippen LogP contribution in [-0.4, -0.2) is 60.1 Å². The largest absolute Gasteiger partial charge is 0.497 e. The first kappa shape index (κ1) is 22.2. The third-order valence-corrected chi connectivity index (χ3v) is 6.34. The number of carbonyl (C=O) groups excluding carboxylic acids is 1. The zero-order valence-corrected chi connectivity index (χ0v) is 18.5. The molecule has 4 heterocycles. The van der Waals surface area contributed by atoms with Crippen LogP contribution in [0.5, 0.6) is 5.75 Å². The zero-order valence-electron chi connectivity index (χ0n) is 18.5. The lowest BCUT2D eigenvalue weighted by molar-refractivity contribution is -0.174. The molecule has 3 aromatic rings. The highest BCUT2D eigenvalue weighted by molar-refractivity contribution is 5.99. The van der Waals surface area contributed by atoms with E-state index in [1.165, 1.54) is 12.5 Å². The minimum Gasteiger partial charge on any atom is -0.497 e. The number of rotatable bonds is 4. The average Bonchev–Trinajstić information content (AvgIpc) is 3.53. The van der Waals surface area contributed by atoms with Gasteiger partial charge in [-0.05, 0) is 24.3 Å². The fourth-order valence-corrected chi connectivity index (χ4v) is 4.54. The maximum Gasteiger partial charge on any atom is 0.410 e. The van der Waals surface area contributed by atoms with Crippen molar-refractivity contribution >= 4 is 17.4 Å². The molecule has 34 heavy (non-hydrogen) atoms. The number of aromatic nitrogens is 2. The lowest BCUT2D eigenvalue weighted by Crippen LogP contribution is -2.49. The Balaban J connectivity index is 1.35. The van der Waals surface area contributed by atoms with Gasteiger partial charge in [0.05, 0.1) is 25.6 Å². The minimum absolute atomic E-state index is 0.0650. The molecule has 0 unspecified atom stereocenters. The van der Waals surface area contributed by atoms with Crippen molar-refractivity contribution in [3.05, 3.63) is 60.2 Å². The summed E-state index contributed by atoms with van der Waals surface area (Å²) in [6, 6.07) is 8.35. The standard InChI is InChI=1S/C23H24F3N5O3/c1-33-16-5-2-4-15(12-16)29-7-9-30(10-8-29)22(32)17-14-27-31-20(23(24,25)26)13-18(28-21(17)31)19-6-3-11-34-19/h2-6,11-12,14,18,20,28H,7-10,13H2,1H3/t18-,20+/m1/s1. The van der Waals surface area contributed by atoms with Crippen LogP contribution in [0.15, 0.2) is 53.3 Å². The number of nitrogens with one attached hydrogen (secondary N) is 1. The van der Waals surface area contributed by atoms with Crippen LogP contribution in [-0.2, 0) is 0 Å². The molecular formula is C23H24F3N5O3. The summed E-state index contributed by atoms with van der Waals surface area (Å²) in [5.41, 5.74) is 1.12. The minimum atomic E-state index is -4.52. The highest BCUT2D eigenvalue weighted by Crippen LogP contribution is 2.44. The summed E-state index contributed by atoms with van der Waals surface area (Å²) >= 11 is 0. The Morgan fingerprint density at radius 1 is 1.18 bits per heavy atom. The first-order valence-electron chi connectivity index (χ1n) is 11.0. The summed E-state index contributed by atoms with van der Waals surface area (Å²) in [5.74, 6) is 0.848. The first-order valence-corrected chi connectivity index (χ1v) is 11.0. The van der Waals surface area contributed by atoms with E-state index in [1.807, 2.05) is 24.3 Å². The van der Waals surface area contributed by atoms with E-state index in [4.69, 9.17) is 9.15 Å². The van der Waals surface area contributed by atoms with E-state index in [9.17, 15) is 18.0 Å². The Morgan fingerprint density at radius 2 is 1.97 bits per heavy atom.